The third-order valence-electron chi connectivity index (χ3n) is 2.74. The summed E-state index contributed by atoms with van der Waals surface area (Å²) < 4.78 is 4.81. The molecule has 0 bridgehead atoms. The Morgan fingerprint density at radius 2 is 2.33 bits per heavy atom. The highest BCUT2D eigenvalue weighted by atomic mass is 16.5. The second-order valence-electron chi connectivity index (χ2n) is 3.95. The number of amides is 1. The Morgan fingerprint density at radius 3 is 3.00 bits per heavy atom. The fourth-order valence-corrected chi connectivity index (χ4v) is 1.94. The molecular formula is C13H12N2O3. The molecule has 0 aromatic heterocycles. The van der Waals surface area contributed by atoms with Gasteiger partial charge in [-0.25, -0.2) is 0 Å². The van der Waals surface area contributed by atoms with Gasteiger partial charge in [0.05, 0.1) is 18.2 Å². The van der Waals surface area contributed by atoms with Gasteiger partial charge in [-0.15, -0.1) is 0 Å². The number of benzene rings is 1. The molecule has 0 N–H and O–H groups in total. The van der Waals surface area contributed by atoms with Gasteiger partial charge in [0.1, 0.15) is 6.54 Å². The number of rotatable bonds is 3. The van der Waals surface area contributed by atoms with E-state index in [4.69, 9.17) is 10.00 Å². The zero-order chi connectivity index (χ0) is 13.1. The van der Waals surface area contributed by atoms with Crippen LogP contribution in [-0.4, -0.2) is 29.9 Å². The van der Waals surface area contributed by atoms with Crippen LogP contribution in [0.25, 0.3) is 0 Å². The molecule has 1 amide bonds. The fourth-order valence-electron chi connectivity index (χ4n) is 1.94. The van der Waals surface area contributed by atoms with E-state index in [1.807, 2.05) is 6.07 Å². The van der Waals surface area contributed by atoms with Crippen molar-refractivity contribution in [2.24, 2.45) is 0 Å². The number of nitrogens with zero attached hydrogens (tertiary/aromatic N) is 2. The van der Waals surface area contributed by atoms with Crippen molar-refractivity contribution in [2.45, 2.75) is 13.5 Å². The van der Waals surface area contributed by atoms with Crippen LogP contribution >= 0.6 is 0 Å². The molecule has 0 unspecified atom stereocenters. The minimum atomic E-state index is -0.417. The van der Waals surface area contributed by atoms with Crippen LogP contribution in [0.15, 0.2) is 18.2 Å². The monoisotopic (exact) mass is 244 g/mol. The molecule has 1 aromatic rings. The normalized spacial score (nSPS) is 13.1. The van der Waals surface area contributed by atoms with Gasteiger partial charge < -0.3 is 9.64 Å². The zero-order valence-electron chi connectivity index (χ0n) is 9.97. The van der Waals surface area contributed by atoms with Gasteiger partial charge in [-0.05, 0) is 30.7 Å². The summed E-state index contributed by atoms with van der Waals surface area (Å²) in [5, 5.41) is 8.79. The van der Waals surface area contributed by atoms with E-state index in [0.29, 0.717) is 24.3 Å². The maximum Gasteiger partial charge on any atom is 0.325 e. The topological polar surface area (TPSA) is 70.4 Å². The first kappa shape index (κ1) is 12.1. The molecule has 0 aliphatic carbocycles. The summed E-state index contributed by atoms with van der Waals surface area (Å²) in [4.78, 5) is 24.7. The number of hydrogen-bond acceptors (Lipinski definition) is 4. The van der Waals surface area contributed by atoms with E-state index >= 15 is 0 Å². The highest BCUT2D eigenvalue weighted by Crippen LogP contribution is 2.23. The number of hydrogen-bond donors (Lipinski definition) is 0. The first-order valence-corrected chi connectivity index (χ1v) is 5.63. The second kappa shape index (κ2) is 4.88. The Kier molecular flexibility index (Phi) is 3.28. The predicted octanol–water partition coefficient (Wildman–Crippen LogP) is 1.08. The number of nitriles is 1. The molecule has 5 heteroatoms. The van der Waals surface area contributed by atoms with Crippen molar-refractivity contribution in [3.05, 3.63) is 34.9 Å². The van der Waals surface area contributed by atoms with E-state index in [0.717, 1.165) is 5.56 Å². The lowest BCUT2D eigenvalue weighted by molar-refractivity contribution is -0.143. The Labute approximate surface area is 105 Å². The van der Waals surface area contributed by atoms with Crippen LogP contribution in [0.3, 0.4) is 0 Å². The molecule has 0 spiro atoms. The number of carbonyl (C=O) groups is 2. The number of carbonyl (C=O) groups excluding carboxylic acids is 2. The first-order chi connectivity index (χ1) is 8.65. The lowest BCUT2D eigenvalue weighted by atomic mass is 10.1. The standard InChI is InChI=1S/C13H12N2O3/c1-2-18-12(16)8-15-7-10-5-9(6-14)3-4-11(10)13(15)17/h3-5H,2,7-8H2,1H3. The minimum Gasteiger partial charge on any atom is -0.465 e. The largest absolute Gasteiger partial charge is 0.465 e. The van der Waals surface area contributed by atoms with Crippen LogP contribution < -0.4 is 0 Å². The quantitative estimate of drug-likeness (QED) is 0.746. The van der Waals surface area contributed by atoms with Crippen LogP contribution in [0.5, 0.6) is 0 Å². The van der Waals surface area contributed by atoms with E-state index in [-0.39, 0.29) is 12.5 Å². The van der Waals surface area contributed by atoms with Gasteiger partial charge in [-0.1, -0.05) is 0 Å². The van der Waals surface area contributed by atoms with Crippen LogP contribution in [0, 0.1) is 11.3 Å². The molecule has 1 heterocycles. The van der Waals surface area contributed by atoms with Crippen LogP contribution in [0.2, 0.25) is 0 Å². The zero-order valence-corrected chi connectivity index (χ0v) is 9.97. The molecule has 2 rings (SSSR count). The van der Waals surface area contributed by atoms with Crippen LogP contribution in [-0.2, 0) is 16.1 Å². The Bertz CT molecular complexity index is 546. The highest BCUT2D eigenvalue weighted by molar-refractivity contribution is 6.00. The molecule has 18 heavy (non-hydrogen) atoms. The van der Waals surface area contributed by atoms with E-state index in [1.54, 1.807) is 25.1 Å². The Balaban J connectivity index is 2.15. The van der Waals surface area contributed by atoms with E-state index in [1.165, 1.54) is 4.90 Å². The van der Waals surface area contributed by atoms with Crippen molar-refractivity contribution in [1.29, 1.82) is 5.26 Å². The molecule has 0 atom stereocenters. The maximum absolute atomic E-state index is 12.0. The van der Waals surface area contributed by atoms with E-state index in [2.05, 4.69) is 0 Å². The molecule has 0 saturated carbocycles. The molecule has 0 fully saturated rings. The number of ether oxygens (including phenoxy) is 1. The highest BCUT2D eigenvalue weighted by Gasteiger charge is 2.29. The summed E-state index contributed by atoms with van der Waals surface area (Å²) in [6.45, 7) is 2.32. The fraction of sp³-hybridized carbons (Fsp3) is 0.308. The van der Waals surface area contributed by atoms with Crippen molar-refractivity contribution < 1.29 is 14.3 Å². The van der Waals surface area contributed by atoms with Gasteiger partial charge in [-0.3, -0.25) is 9.59 Å². The lowest BCUT2D eigenvalue weighted by Gasteiger charge is -2.13. The number of fused-ring (bicyclic) bond motifs is 1. The molecule has 0 saturated heterocycles. The van der Waals surface area contributed by atoms with Gasteiger partial charge in [-0.2, -0.15) is 5.26 Å². The molecule has 92 valence electrons. The van der Waals surface area contributed by atoms with Crippen molar-refractivity contribution >= 4 is 11.9 Å². The SMILES string of the molecule is CCOC(=O)CN1Cc2cc(C#N)ccc2C1=O. The van der Waals surface area contributed by atoms with Crippen molar-refractivity contribution in [2.75, 3.05) is 13.2 Å². The van der Waals surface area contributed by atoms with Crippen molar-refractivity contribution in [1.82, 2.24) is 4.90 Å². The first-order valence-electron chi connectivity index (χ1n) is 5.63. The third kappa shape index (κ3) is 2.18. The third-order valence-corrected chi connectivity index (χ3v) is 2.74. The molecule has 0 radical (unpaired) electrons. The van der Waals surface area contributed by atoms with Gasteiger partial charge in [0.15, 0.2) is 0 Å². The Morgan fingerprint density at radius 1 is 1.56 bits per heavy atom. The average Bonchev–Trinajstić information content (AvgIpc) is 2.66. The second-order valence-corrected chi connectivity index (χ2v) is 3.95. The molecule has 5 nitrogen and oxygen atoms in total. The molecule has 1 aliphatic rings. The van der Waals surface area contributed by atoms with E-state index in [9.17, 15) is 9.59 Å². The van der Waals surface area contributed by atoms with Gasteiger partial charge >= 0.3 is 5.97 Å². The number of esters is 1. The lowest BCUT2D eigenvalue weighted by Crippen LogP contribution is -2.31. The average molecular weight is 244 g/mol. The van der Waals surface area contributed by atoms with E-state index < -0.39 is 5.97 Å². The molecule has 1 aromatic carbocycles. The van der Waals surface area contributed by atoms with Crippen LogP contribution in [0.4, 0.5) is 0 Å². The summed E-state index contributed by atoms with van der Waals surface area (Å²) >= 11 is 0. The molecular weight excluding hydrogens is 232 g/mol. The summed E-state index contributed by atoms with van der Waals surface area (Å²) in [6, 6.07) is 6.93. The van der Waals surface area contributed by atoms with Crippen molar-refractivity contribution in [3.63, 3.8) is 0 Å². The molecule has 1 aliphatic heterocycles. The van der Waals surface area contributed by atoms with Gasteiger partial charge in [0.2, 0.25) is 0 Å². The predicted molar refractivity (Wildman–Crippen MR) is 62.5 cm³/mol. The van der Waals surface area contributed by atoms with Crippen molar-refractivity contribution in [3.8, 4) is 6.07 Å². The Hall–Kier alpha value is -2.35. The summed E-state index contributed by atoms with van der Waals surface area (Å²) in [5.41, 5.74) is 1.85. The van der Waals surface area contributed by atoms with Crippen LogP contribution in [0.1, 0.15) is 28.4 Å². The summed E-state index contributed by atoms with van der Waals surface area (Å²) in [6.07, 6.45) is 0. The maximum atomic E-state index is 12.0. The summed E-state index contributed by atoms with van der Waals surface area (Å²) in [5.74, 6) is -0.610. The minimum absolute atomic E-state index is 0.0523. The van der Waals surface area contributed by atoms with Gasteiger partial charge in [0.25, 0.3) is 5.91 Å². The smallest absolute Gasteiger partial charge is 0.325 e. The van der Waals surface area contributed by atoms with Gasteiger partial charge in [0, 0.05) is 12.1 Å². The summed E-state index contributed by atoms with van der Waals surface area (Å²) in [7, 11) is 0.